The van der Waals surface area contributed by atoms with Gasteiger partial charge in [0.1, 0.15) is 0 Å². The lowest BCUT2D eigenvalue weighted by Crippen LogP contribution is -2.48. The zero-order chi connectivity index (χ0) is 17.9. The SMILES string of the molecule is CCCCCC(=O)NNC(=O)CCN1CCN(c2ccccc2)CC1. The fraction of sp³-hybridized carbons (Fsp3) is 0.579. The largest absolute Gasteiger partial charge is 0.369 e. The quantitative estimate of drug-likeness (QED) is 0.558. The number of carbonyl (C=O) groups is 2. The normalized spacial score (nSPS) is 15.0. The van der Waals surface area contributed by atoms with Crippen molar-refractivity contribution >= 4 is 17.5 Å². The second-order valence-electron chi connectivity index (χ2n) is 6.47. The molecule has 1 aliphatic heterocycles. The van der Waals surface area contributed by atoms with E-state index in [4.69, 9.17) is 0 Å². The average Bonchev–Trinajstić information content (AvgIpc) is 2.66. The number of carbonyl (C=O) groups excluding carboxylic acids is 2. The maximum atomic E-state index is 11.8. The molecule has 6 nitrogen and oxygen atoms in total. The highest BCUT2D eigenvalue weighted by atomic mass is 16.2. The standard InChI is InChI=1S/C19H30N4O2/c1-2-3-5-10-18(24)20-21-19(25)11-12-22-13-15-23(16-14-22)17-8-6-4-7-9-17/h4,6-9H,2-3,5,10-16H2,1H3,(H,20,24)(H,21,25). The van der Waals surface area contributed by atoms with Gasteiger partial charge < -0.3 is 4.90 Å². The number of para-hydroxylation sites is 1. The van der Waals surface area contributed by atoms with Crippen molar-refractivity contribution in [2.24, 2.45) is 0 Å². The first-order valence-corrected chi connectivity index (χ1v) is 9.29. The summed E-state index contributed by atoms with van der Waals surface area (Å²) in [5.74, 6) is -0.243. The van der Waals surface area contributed by atoms with Gasteiger partial charge in [-0.1, -0.05) is 38.0 Å². The third-order valence-corrected chi connectivity index (χ3v) is 4.50. The number of nitrogens with zero attached hydrogens (tertiary/aromatic N) is 2. The minimum Gasteiger partial charge on any atom is -0.369 e. The third-order valence-electron chi connectivity index (χ3n) is 4.50. The molecule has 0 spiro atoms. The van der Waals surface area contributed by atoms with Crippen molar-refractivity contribution < 1.29 is 9.59 Å². The van der Waals surface area contributed by atoms with E-state index < -0.39 is 0 Å². The fourth-order valence-corrected chi connectivity index (χ4v) is 2.93. The van der Waals surface area contributed by atoms with E-state index in [0.29, 0.717) is 12.8 Å². The fourth-order valence-electron chi connectivity index (χ4n) is 2.93. The molecule has 1 fully saturated rings. The number of hydrazine groups is 1. The van der Waals surface area contributed by atoms with Crippen molar-refractivity contribution in [1.82, 2.24) is 15.8 Å². The molecule has 0 radical (unpaired) electrons. The molecule has 138 valence electrons. The number of amides is 2. The van der Waals surface area contributed by atoms with Gasteiger partial charge in [-0.25, -0.2) is 0 Å². The molecule has 1 heterocycles. The Morgan fingerprint density at radius 1 is 0.920 bits per heavy atom. The number of benzene rings is 1. The summed E-state index contributed by atoms with van der Waals surface area (Å²) in [5.41, 5.74) is 6.26. The lowest BCUT2D eigenvalue weighted by molar-refractivity contribution is -0.129. The van der Waals surface area contributed by atoms with Crippen molar-refractivity contribution in [1.29, 1.82) is 0 Å². The topological polar surface area (TPSA) is 64.7 Å². The van der Waals surface area contributed by atoms with Gasteiger partial charge in [-0.3, -0.25) is 25.3 Å². The third kappa shape index (κ3) is 7.13. The van der Waals surface area contributed by atoms with Crippen LogP contribution in [0.15, 0.2) is 30.3 Å². The van der Waals surface area contributed by atoms with Crippen molar-refractivity contribution in [2.75, 3.05) is 37.6 Å². The molecule has 0 aliphatic carbocycles. The molecule has 2 N–H and O–H groups in total. The molecule has 0 unspecified atom stereocenters. The number of nitrogens with one attached hydrogen (secondary N) is 2. The Labute approximate surface area is 150 Å². The van der Waals surface area contributed by atoms with E-state index in [1.807, 2.05) is 6.07 Å². The van der Waals surface area contributed by atoms with Gasteiger partial charge in [0.05, 0.1) is 0 Å². The van der Waals surface area contributed by atoms with Crippen LogP contribution in [0.1, 0.15) is 39.0 Å². The predicted octanol–water partition coefficient (Wildman–Crippen LogP) is 1.93. The molecular weight excluding hydrogens is 316 g/mol. The first-order valence-electron chi connectivity index (χ1n) is 9.29. The van der Waals surface area contributed by atoms with Crippen molar-refractivity contribution in [2.45, 2.75) is 39.0 Å². The summed E-state index contributed by atoms with van der Waals surface area (Å²) in [5, 5.41) is 0. The summed E-state index contributed by atoms with van der Waals surface area (Å²) in [6.45, 7) is 6.66. The van der Waals surface area contributed by atoms with Crippen LogP contribution in [0.25, 0.3) is 0 Å². The van der Waals surface area contributed by atoms with Crippen LogP contribution >= 0.6 is 0 Å². The van der Waals surface area contributed by atoms with Crippen molar-refractivity contribution in [3.63, 3.8) is 0 Å². The second kappa shape index (κ2) is 10.7. The van der Waals surface area contributed by atoms with Gasteiger partial charge in [-0.2, -0.15) is 0 Å². The summed E-state index contributed by atoms with van der Waals surface area (Å²) in [4.78, 5) is 28.1. The average molecular weight is 346 g/mol. The molecule has 1 aliphatic rings. The molecule has 2 amide bonds. The van der Waals surface area contributed by atoms with E-state index in [1.54, 1.807) is 0 Å². The Morgan fingerprint density at radius 2 is 1.56 bits per heavy atom. The van der Waals surface area contributed by atoms with Crippen molar-refractivity contribution in [3.05, 3.63) is 30.3 Å². The number of rotatable bonds is 8. The van der Waals surface area contributed by atoms with Gasteiger partial charge in [0.2, 0.25) is 11.8 Å². The number of piperazine rings is 1. The van der Waals surface area contributed by atoms with Crippen LogP contribution in [0.4, 0.5) is 5.69 Å². The van der Waals surface area contributed by atoms with E-state index in [-0.39, 0.29) is 11.8 Å². The molecule has 1 aromatic carbocycles. The highest BCUT2D eigenvalue weighted by Crippen LogP contribution is 2.15. The maximum Gasteiger partial charge on any atom is 0.239 e. The van der Waals surface area contributed by atoms with Crippen LogP contribution in [-0.2, 0) is 9.59 Å². The Kier molecular flexibility index (Phi) is 8.25. The second-order valence-corrected chi connectivity index (χ2v) is 6.47. The van der Waals surface area contributed by atoms with E-state index in [9.17, 15) is 9.59 Å². The number of hydrogen-bond donors (Lipinski definition) is 2. The Balaban J connectivity index is 1.58. The first-order chi connectivity index (χ1) is 12.2. The summed E-state index contributed by atoms with van der Waals surface area (Å²) in [7, 11) is 0. The lowest BCUT2D eigenvalue weighted by Gasteiger charge is -2.36. The van der Waals surface area contributed by atoms with Gasteiger partial charge >= 0.3 is 0 Å². The number of hydrogen-bond acceptors (Lipinski definition) is 4. The zero-order valence-electron chi connectivity index (χ0n) is 15.2. The molecule has 0 atom stereocenters. The zero-order valence-corrected chi connectivity index (χ0v) is 15.2. The van der Waals surface area contributed by atoms with E-state index in [1.165, 1.54) is 5.69 Å². The van der Waals surface area contributed by atoms with Gasteiger partial charge in [0.25, 0.3) is 0 Å². The van der Waals surface area contributed by atoms with Crippen molar-refractivity contribution in [3.8, 4) is 0 Å². The highest BCUT2D eigenvalue weighted by molar-refractivity contribution is 5.81. The van der Waals surface area contributed by atoms with Gasteiger partial charge in [0, 0.05) is 51.3 Å². The molecule has 2 rings (SSSR count). The highest BCUT2D eigenvalue weighted by Gasteiger charge is 2.17. The minimum absolute atomic E-state index is 0.113. The lowest BCUT2D eigenvalue weighted by atomic mass is 10.2. The van der Waals surface area contributed by atoms with Gasteiger partial charge in [-0.15, -0.1) is 0 Å². The Bertz CT molecular complexity index is 527. The molecule has 0 saturated carbocycles. The van der Waals surface area contributed by atoms with E-state index in [2.05, 4.69) is 51.8 Å². The van der Waals surface area contributed by atoms with Crippen LogP contribution in [0.3, 0.4) is 0 Å². The molecule has 1 aromatic rings. The number of anilines is 1. The Morgan fingerprint density at radius 3 is 2.20 bits per heavy atom. The molecule has 25 heavy (non-hydrogen) atoms. The molecule has 0 bridgehead atoms. The van der Waals surface area contributed by atoms with Crippen LogP contribution in [-0.4, -0.2) is 49.4 Å². The van der Waals surface area contributed by atoms with Gasteiger partial charge in [0.15, 0.2) is 0 Å². The summed E-state index contributed by atoms with van der Waals surface area (Å²) in [6, 6.07) is 10.4. The number of unbranched alkanes of at least 4 members (excludes halogenated alkanes) is 2. The minimum atomic E-state index is -0.130. The van der Waals surface area contributed by atoms with Crippen LogP contribution in [0.2, 0.25) is 0 Å². The molecule has 1 saturated heterocycles. The van der Waals surface area contributed by atoms with E-state index in [0.717, 1.165) is 52.0 Å². The molecule has 6 heteroatoms. The van der Waals surface area contributed by atoms with E-state index >= 15 is 0 Å². The summed E-state index contributed by atoms with van der Waals surface area (Å²) in [6.07, 6.45) is 3.85. The summed E-state index contributed by atoms with van der Waals surface area (Å²) < 4.78 is 0. The van der Waals surface area contributed by atoms with Crippen LogP contribution < -0.4 is 15.8 Å². The Hall–Kier alpha value is -2.08. The molecular formula is C19H30N4O2. The predicted molar refractivity (Wildman–Crippen MR) is 100 cm³/mol. The monoisotopic (exact) mass is 346 g/mol. The van der Waals surface area contributed by atoms with Gasteiger partial charge in [-0.05, 0) is 18.6 Å². The summed E-state index contributed by atoms with van der Waals surface area (Å²) >= 11 is 0. The van der Waals surface area contributed by atoms with Crippen LogP contribution in [0, 0.1) is 0 Å². The smallest absolute Gasteiger partial charge is 0.239 e. The van der Waals surface area contributed by atoms with Crippen LogP contribution in [0.5, 0.6) is 0 Å². The molecule has 0 aromatic heterocycles. The first kappa shape index (κ1) is 19.2. The maximum absolute atomic E-state index is 11.8.